The molecule has 0 atom stereocenters. The first kappa shape index (κ1) is 23.0. The molecule has 0 heterocycles. The summed E-state index contributed by atoms with van der Waals surface area (Å²) in [6, 6.07) is 10.8. The molecular formula is C24H30N2O4. The number of amides is 2. The maximum atomic E-state index is 12.3. The highest BCUT2D eigenvalue weighted by atomic mass is 16.5. The molecule has 0 aromatic heterocycles. The van der Waals surface area contributed by atoms with Gasteiger partial charge in [-0.15, -0.1) is 0 Å². The summed E-state index contributed by atoms with van der Waals surface area (Å²) in [6.07, 6.45) is 4.04. The number of anilines is 1. The van der Waals surface area contributed by atoms with Crippen LogP contribution in [0.25, 0.3) is 6.08 Å². The number of nitrogens with one attached hydrogen (secondary N) is 2. The Morgan fingerprint density at radius 1 is 1.10 bits per heavy atom. The third kappa shape index (κ3) is 6.65. The Balaban J connectivity index is 2.08. The zero-order valence-corrected chi connectivity index (χ0v) is 18.2. The van der Waals surface area contributed by atoms with Crippen LogP contribution in [0.15, 0.2) is 42.5 Å². The Morgan fingerprint density at radius 3 is 2.53 bits per heavy atom. The topological polar surface area (TPSA) is 76.7 Å². The SMILES string of the molecule is CCCOc1ccc(/C=C/C(=O)Nc2ccc(C)c(C(=O)NC(C)C)c2)cc1OC. The van der Waals surface area contributed by atoms with Crippen molar-refractivity contribution in [3.8, 4) is 11.5 Å². The normalized spacial score (nSPS) is 10.9. The summed E-state index contributed by atoms with van der Waals surface area (Å²) in [5.41, 5.74) is 2.76. The minimum atomic E-state index is -0.292. The van der Waals surface area contributed by atoms with Crippen molar-refractivity contribution < 1.29 is 19.1 Å². The molecule has 2 amide bonds. The van der Waals surface area contributed by atoms with Gasteiger partial charge >= 0.3 is 0 Å². The molecule has 0 fully saturated rings. The van der Waals surface area contributed by atoms with Gasteiger partial charge in [0.25, 0.3) is 5.91 Å². The number of carbonyl (C=O) groups is 2. The number of hydrogen-bond acceptors (Lipinski definition) is 4. The lowest BCUT2D eigenvalue weighted by atomic mass is 10.1. The summed E-state index contributed by atoms with van der Waals surface area (Å²) in [5.74, 6) is 0.837. The second kappa shape index (κ2) is 11.0. The fourth-order valence-corrected chi connectivity index (χ4v) is 2.76. The lowest BCUT2D eigenvalue weighted by Crippen LogP contribution is -2.30. The number of rotatable bonds is 9. The molecule has 2 rings (SSSR count). The monoisotopic (exact) mass is 410 g/mol. The number of methoxy groups -OCH3 is 1. The van der Waals surface area contributed by atoms with Crippen molar-refractivity contribution in [2.24, 2.45) is 0 Å². The standard InChI is InChI=1S/C24H30N2O4/c1-6-13-30-21-11-8-18(14-22(21)29-5)9-12-23(27)26-19-10-7-17(4)20(15-19)24(28)25-16(2)3/h7-12,14-16H,6,13H2,1-5H3,(H,25,28)(H,26,27)/b12-9+. The minimum Gasteiger partial charge on any atom is -0.493 e. The molecule has 0 aliphatic carbocycles. The molecular weight excluding hydrogens is 380 g/mol. The lowest BCUT2D eigenvalue weighted by Gasteiger charge is -2.12. The molecule has 160 valence electrons. The van der Waals surface area contributed by atoms with E-state index in [1.54, 1.807) is 25.3 Å². The number of hydrogen-bond donors (Lipinski definition) is 2. The molecule has 0 aliphatic rings. The average molecular weight is 411 g/mol. The van der Waals surface area contributed by atoms with E-state index in [1.807, 2.05) is 52.0 Å². The van der Waals surface area contributed by atoms with Crippen LogP contribution in [0.4, 0.5) is 5.69 Å². The Kier molecular flexibility index (Phi) is 8.47. The maximum Gasteiger partial charge on any atom is 0.251 e. The van der Waals surface area contributed by atoms with E-state index in [1.165, 1.54) is 6.08 Å². The number of carbonyl (C=O) groups excluding carboxylic acids is 2. The van der Waals surface area contributed by atoms with Crippen molar-refractivity contribution in [1.29, 1.82) is 0 Å². The predicted octanol–water partition coefficient (Wildman–Crippen LogP) is 4.58. The van der Waals surface area contributed by atoms with Crippen LogP contribution >= 0.6 is 0 Å². The van der Waals surface area contributed by atoms with Crippen molar-refractivity contribution in [2.75, 3.05) is 19.0 Å². The van der Waals surface area contributed by atoms with Gasteiger partial charge < -0.3 is 20.1 Å². The summed E-state index contributed by atoms with van der Waals surface area (Å²) in [4.78, 5) is 24.7. The van der Waals surface area contributed by atoms with Crippen LogP contribution in [0.1, 0.15) is 48.7 Å². The van der Waals surface area contributed by atoms with Gasteiger partial charge in [-0.3, -0.25) is 9.59 Å². The van der Waals surface area contributed by atoms with Crippen molar-refractivity contribution in [3.63, 3.8) is 0 Å². The predicted molar refractivity (Wildman–Crippen MR) is 120 cm³/mol. The quantitative estimate of drug-likeness (QED) is 0.593. The molecule has 0 unspecified atom stereocenters. The lowest BCUT2D eigenvalue weighted by molar-refractivity contribution is -0.111. The van der Waals surface area contributed by atoms with Crippen molar-refractivity contribution in [1.82, 2.24) is 5.32 Å². The Bertz CT molecular complexity index is 919. The van der Waals surface area contributed by atoms with Crippen LogP contribution in [0, 0.1) is 6.92 Å². The Morgan fingerprint density at radius 2 is 1.87 bits per heavy atom. The van der Waals surface area contributed by atoms with Crippen molar-refractivity contribution >= 4 is 23.6 Å². The van der Waals surface area contributed by atoms with E-state index < -0.39 is 0 Å². The molecule has 0 aliphatic heterocycles. The second-order valence-corrected chi connectivity index (χ2v) is 7.24. The molecule has 6 heteroatoms. The molecule has 2 N–H and O–H groups in total. The number of ether oxygens (including phenoxy) is 2. The van der Waals surface area contributed by atoms with Crippen LogP contribution < -0.4 is 20.1 Å². The highest BCUT2D eigenvalue weighted by Crippen LogP contribution is 2.28. The summed E-state index contributed by atoms with van der Waals surface area (Å²) < 4.78 is 11.0. The van der Waals surface area contributed by atoms with Crippen LogP contribution in [-0.4, -0.2) is 31.6 Å². The molecule has 0 radical (unpaired) electrons. The highest BCUT2D eigenvalue weighted by molar-refractivity contribution is 6.03. The van der Waals surface area contributed by atoms with E-state index in [4.69, 9.17) is 9.47 Å². The molecule has 2 aromatic rings. The van der Waals surface area contributed by atoms with Crippen LogP contribution in [0.3, 0.4) is 0 Å². The fraction of sp³-hybridized carbons (Fsp3) is 0.333. The molecule has 0 spiro atoms. The first-order chi connectivity index (χ1) is 14.3. The molecule has 0 saturated carbocycles. The fourth-order valence-electron chi connectivity index (χ4n) is 2.76. The number of benzene rings is 2. The van der Waals surface area contributed by atoms with E-state index in [9.17, 15) is 9.59 Å². The largest absolute Gasteiger partial charge is 0.493 e. The maximum absolute atomic E-state index is 12.3. The van der Waals surface area contributed by atoms with Crippen molar-refractivity contribution in [3.05, 3.63) is 59.2 Å². The smallest absolute Gasteiger partial charge is 0.251 e. The van der Waals surface area contributed by atoms with Gasteiger partial charge in [0.05, 0.1) is 13.7 Å². The van der Waals surface area contributed by atoms with Gasteiger partial charge in [0.15, 0.2) is 11.5 Å². The Hall–Kier alpha value is -3.28. The highest BCUT2D eigenvalue weighted by Gasteiger charge is 2.11. The second-order valence-electron chi connectivity index (χ2n) is 7.24. The van der Waals surface area contributed by atoms with Crippen LogP contribution in [0.5, 0.6) is 11.5 Å². The summed E-state index contributed by atoms with van der Waals surface area (Å²) in [5, 5.41) is 5.66. The van der Waals surface area contributed by atoms with E-state index in [0.717, 1.165) is 17.5 Å². The zero-order valence-electron chi connectivity index (χ0n) is 18.2. The zero-order chi connectivity index (χ0) is 22.1. The van der Waals surface area contributed by atoms with E-state index >= 15 is 0 Å². The summed E-state index contributed by atoms with van der Waals surface area (Å²) >= 11 is 0. The van der Waals surface area contributed by atoms with E-state index in [-0.39, 0.29) is 17.9 Å². The Labute approximate surface area is 178 Å². The van der Waals surface area contributed by atoms with Gasteiger partial charge in [-0.25, -0.2) is 0 Å². The molecule has 6 nitrogen and oxygen atoms in total. The average Bonchev–Trinajstić information content (AvgIpc) is 2.71. The molecule has 30 heavy (non-hydrogen) atoms. The molecule has 2 aromatic carbocycles. The van der Waals surface area contributed by atoms with Crippen LogP contribution in [-0.2, 0) is 4.79 Å². The van der Waals surface area contributed by atoms with Gasteiger partial charge in [0.1, 0.15) is 0 Å². The van der Waals surface area contributed by atoms with Crippen molar-refractivity contribution in [2.45, 2.75) is 40.2 Å². The van der Waals surface area contributed by atoms with Gasteiger partial charge in [-0.05, 0) is 68.7 Å². The van der Waals surface area contributed by atoms with Gasteiger partial charge in [0.2, 0.25) is 5.91 Å². The number of aryl methyl sites for hydroxylation is 1. The van der Waals surface area contributed by atoms with Gasteiger partial charge in [-0.1, -0.05) is 19.1 Å². The summed E-state index contributed by atoms with van der Waals surface area (Å²) in [7, 11) is 1.58. The third-order valence-electron chi connectivity index (χ3n) is 4.25. The summed E-state index contributed by atoms with van der Waals surface area (Å²) in [6.45, 7) is 8.32. The van der Waals surface area contributed by atoms with Gasteiger partial charge in [-0.2, -0.15) is 0 Å². The van der Waals surface area contributed by atoms with Gasteiger partial charge in [0, 0.05) is 23.4 Å². The minimum absolute atomic E-state index is 0.0360. The molecule has 0 saturated heterocycles. The van der Waals surface area contributed by atoms with E-state index in [2.05, 4.69) is 10.6 Å². The van der Waals surface area contributed by atoms with E-state index in [0.29, 0.717) is 29.4 Å². The molecule has 0 bridgehead atoms. The van der Waals surface area contributed by atoms with Crippen LogP contribution in [0.2, 0.25) is 0 Å². The first-order valence-electron chi connectivity index (χ1n) is 10.1. The third-order valence-corrected chi connectivity index (χ3v) is 4.25. The first-order valence-corrected chi connectivity index (χ1v) is 10.1.